The van der Waals surface area contributed by atoms with E-state index in [0.717, 1.165) is 22.1 Å². The molecule has 2 atom stereocenters. The van der Waals surface area contributed by atoms with E-state index in [4.69, 9.17) is 9.57 Å². The van der Waals surface area contributed by atoms with Gasteiger partial charge in [0.05, 0.1) is 24.1 Å². The van der Waals surface area contributed by atoms with Gasteiger partial charge in [-0.1, -0.05) is 36.4 Å². The third kappa shape index (κ3) is 1.98. The van der Waals surface area contributed by atoms with Crippen molar-refractivity contribution in [1.82, 2.24) is 5.06 Å². The molecule has 0 bridgehead atoms. The summed E-state index contributed by atoms with van der Waals surface area (Å²) in [6.07, 6.45) is 0. The fourth-order valence-electron chi connectivity index (χ4n) is 3.63. The SMILES string of the molecule is O=C(c1cccs1)N1OC[C@H]2COc3ccc4ccccc4c3[C@H]21. The molecule has 0 saturated carbocycles. The molecular formula is C19H15NO3S. The van der Waals surface area contributed by atoms with Crippen LogP contribution in [0.5, 0.6) is 5.75 Å². The van der Waals surface area contributed by atoms with Crippen LogP contribution < -0.4 is 4.74 Å². The first-order chi connectivity index (χ1) is 11.8. The second-order valence-corrected chi connectivity index (χ2v) is 7.07. The minimum atomic E-state index is -0.102. The first-order valence-corrected chi connectivity index (χ1v) is 8.85. The van der Waals surface area contributed by atoms with Gasteiger partial charge < -0.3 is 4.74 Å². The number of thiophene rings is 1. The van der Waals surface area contributed by atoms with E-state index in [0.29, 0.717) is 18.1 Å². The summed E-state index contributed by atoms with van der Waals surface area (Å²) in [6.45, 7) is 1.08. The zero-order valence-electron chi connectivity index (χ0n) is 12.8. The van der Waals surface area contributed by atoms with Crippen molar-refractivity contribution in [2.75, 3.05) is 13.2 Å². The topological polar surface area (TPSA) is 38.8 Å². The van der Waals surface area contributed by atoms with Gasteiger partial charge in [-0.25, -0.2) is 5.06 Å². The van der Waals surface area contributed by atoms with E-state index in [2.05, 4.69) is 18.2 Å². The van der Waals surface area contributed by atoms with Crippen LogP contribution in [-0.4, -0.2) is 24.2 Å². The molecule has 3 heterocycles. The number of amides is 1. The van der Waals surface area contributed by atoms with Gasteiger partial charge >= 0.3 is 0 Å². The molecule has 2 aliphatic rings. The third-order valence-corrected chi connectivity index (χ3v) is 5.60. The van der Waals surface area contributed by atoms with Gasteiger partial charge in [0.15, 0.2) is 0 Å². The van der Waals surface area contributed by atoms with E-state index in [1.165, 1.54) is 11.3 Å². The predicted molar refractivity (Wildman–Crippen MR) is 92.1 cm³/mol. The normalized spacial score (nSPS) is 22.1. The smallest absolute Gasteiger partial charge is 0.288 e. The van der Waals surface area contributed by atoms with Gasteiger partial charge in [-0.2, -0.15) is 0 Å². The highest BCUT2D eigenvalue weighted by Gasteiger charge is 2.45. The average molecular weight is 337 g/mol. The average Bonchev–Trinajstić information content (AvgIpc) is 3.30. The van der Waals surface area contributed by atoms with Crippen molar-refractivity contribution in [3.8, 4) is 5.75 Å². The van der Waals surface area contributed by atoms with Crippen molar-refractivity contribution in [3.63, 3.8) is 0 Å². The molecule has 24 heavy (non-hydrogen) atoms. The number of hydroxylamine groups is 2. The molecule has 2 aliphatic heterocycles. The number of nitrogens with zero attached hydrogens (tertiary/aromatic N) is 1. The molecule has 0 spiro atoms. The van der Waals surface area contributed by atoms with Crippen LogP contribution >= 0.6 is 11.3 Å². The molecule has 2 aromatic carbocycles. The van der Waals surface area contributed by atoms with E-state index in [1.807, 2.05) is 35.7 Å². The Morgan fingerprint density at radius 2 is 2.00 bits per heavy atom. The summed E-state index contributed by atoms with van der Waals surface area (Å²) >= 11 is 1.44. The number of hydrogen-bond acceptors (Lipinski definition) is 4. The second-order valence-electron chi connectivity index (χ2n) is 6.12. The zero-order valence-corrected chi connectivity index (χ0v) is 13.7. The van der Waals surface area contributed by atoms with Gasteiger partial charge in [-0.15, -0.1) is 11.3 Å². The molecule has 0 aliphatic carbocycles. The Morgan fingerprint density at radius 3 is 2.88 bits per heavy atom. The van der Waals surface area contributed by atoms with Crippen LogP contribution in [0.1, 0.15) is 21.3 Å². The number of benzene rings is 2. The predicted octanol–water partition coefficient (Wildman–Crippen LogP) is 4.04. The van der Waals surface area contributed by atoms with Crippen LogP contribution in [0.2, 0.25) is 0 Å². The standard InChI is InChI=1S/C19H15NO3S/c21-19(16-6-3-9-24-16)20-18-13(11-23-20)10-22-15-8-7-12-4-1-2-5-14(12)17(15)18/h1-9,13,18H,10-11H2/t13-,18+/m1/s1. The summed E-state index contributed by atoms with van der Waals surface area (Å²) in [5.74, 6) is 0.940. The molecule has 0 radical (unpaired) electrons. The third-order valence-electron chi connectivity index (χ3n) is 4.74. The molecule has 5 rings (SSSR count). The number of ether oxygens (including phenoxy) is 1. The minimum absolute atomic E-state index is 0.0710. The maximum atomic E-state index is 12.9. The number of carbonyl (C=O) groups excluding carboxylic acids is 1. The van der Waals surface area contributed by atoms with Crippen LogP contribution in [0.25, 0.3) is 10.8 Å². The molecule has 5 heteroatoms. The summed E-state index contributed by atoms with van der Waals surface area (Å²) in [6, 6.07) is 15.9. The Morgan fingerprint density at radius 1 is 1.08 bits per heavy atom. The number of rotatable bonds is 1. The van der Waals surface area contributed by atoms with Crippen LogP contribution in [0.3, 0.4) is 0 Å². The fraction of sp³-hybridized carbons (Fsp3) is 0.211. The lowest BCUT2D eigenvalue weighted by atomic mass is 9.88. The summed E-state index contributed by atoms with van der Waals surface area (Å²) in [5, 5.41) is 5.74. The lowest BCUT2D eigenvalue weighted by molar-refractivity contribution is -0.0962. The molecule has 1 saturated heterocycles. The highest BCUT2D eigenvalue weighted by atomic mass is 32.1. The molecule has 4 nitrogen and oxygen atoms in total. The Labute approximate surface area is 143 Å². The summed E-state index contributed by atoms with van der Waals surface area (Å²) in [5.41, 5.74) is 1.06. The Balaban J connectivity index is 1.66. The maximum Gasteiger partial charge on any atom is 0.288 e. The van der Waals surface area contributed by atoms with Gasteiger partial charge in [-0.3, -0.25) is 9.63 Å². The van der Waals surface area contributed by atoms with Crippen molar-refractivity contribution in [2.45, 2.75) is 6.04 Å². The van der Waals surface area contributed by atoms with Gasteiger partial charge in [0.25, 0.3) is 5.91 Å². The molecule has 1 amide bonds. The summed E-state index contributed by atoms with van der Waals surface area (Å²) in [7, 11) is 0. The first kappa shape index (κ1) is 14.0. The quantitative estimate of drug-likeness (QED) is 0.673. The Hall–Kier alpha value is -2.37. The lowest BCUT2D eigenvalue weighted by Crippen LogP contribution is -2.34. The van der Waals surface area contributed by atoms with Gasteiger partial charge in [0, 0.05) is 11.5 Å². The highest BCUT2D eigenvalue weighted by molar-refractivity contribution is 7.12. The highest BCUT2D eigenvalue weighted by Crippen LogP contribution is 2.47. The molecule has 1 fully saturated rings. The van der Waals surface area contributed by atoms with Gasteiger partial charge in [0.1, 0.15) is 5.75 Å². The fourth-order valence-corrected chi connectivity index (χ4v) is 4.28. The summed E-state index contributed by atoms with van der Waals surface area (Å²) < 4.78 is 5.95. The van der Waals surface area contributed by atoms with E-state index < -0.39 is 0 Å². The summed E-state index contributed by atoms with van der Waals surface area (Å²) in [4.78, 5) is 19.4. The minimum Gasteiger partial charge on any atom is -0.493 e. The number of carbonyl (C=O) groups is 1. The largest absolute Gasteiger partial charge is 0.493 e. The van der Waals surface area contributed by atoms with Crippen molar-refractivity contribution < 1.29 is 14.4 Å². The molecule has 0 N–H and O–H groups in total. The van der Waals surface area contributed by atoms with Crippen LogP contribution in [0.4, 0.5) is 0 Å². The molecule has 3 aromatic rings. The molecule has 0 unspecified atom stereocenters. The Kier molecular flexibility index (Phi) is 3.11. The molecule has 120 valence electrons. The van der Waals surface area contributed by atoms with Gasteiger partial charge in [0.2, 0.25) is 0 Å². The van der Waals surface area contributed by atoms with Crippen molar-refractivity contribution in [3.05, 3.63) is 64.4 Å². The molecular weight excluding hydrogens is 322 g/mol. The van der Waals surface area contributed by atoms with Crippen LogP contribution in [0, 0.1) is 5.92 Å². The maximum absolute atomic E-state index is 12.9. The first-order valence-electron chi connectivity index (χ1n) is 7.97. The van der Waals surface area contributed by atoms with Crippen molar-refractivity contribution >= 4 is 28.0 Å². The number of hydrogen-bond donors (Lipinski definition) is 0. The van der Waals surface area contributed by atoms with Crippen molar-refractivity contribution in [1.29, 1.82) is 0 Å². The Bertz CT molecular complexity index is 922. The van der Waals surface area contributed by atoms with E-state index in [-0.39, 0.29) is 17.9 Å². The van der Waals surface area contributed by atoms with Crippen LogP contribution in [0.15, 0.2) is 53.9 Å². The molecule has 1 aromatic heterocycles. The van der Waals surface area contributed by atoms with Gasteiger partial charge in [-0.05, 0) is 28.3 Å². The monoisotopic (exact) mass is 337 g/mol. The lowest BCUT2D eigenvalue weighted by Gasteiger charge is -2.32. The zero-order chi connectivity index (χ0) is 16.1. The number of fused-ring (bicyclic) bond motifs is 5. The van der Waals surface area contributed by atoms with Crippen LogP contribution in [-0.2, 0) is 4.84 Å². The van der Waals surface area contributed by atoms with E-state index in [1.54, 1.807) is 5.06 Å². The van der Waals surface area contributed by atoms with E-state index in [9.17, 15) is 4.79 Å². The second kappa shape index (κ2) is 5.33. The van der Waals surface area contributed by atoms with Crippen molar-refractivity contribution in [2.24, 2.45) is 5.92 Å². The van der Waals surface area contributed by atoms with E-state index >= 15 is 0 Å².